The van der Waals surface area contributed by atoms with E-state index in [1.807, 2.05) is 0 Å². The number of benzene rings is 1. The van der Waals surface area contributed by atoms with E-state index in [4.69, 9.17) is 11.5 Å². The summed E-state index contributed by atoms with van der Waals surface area (Å²) in [6, 6.07) is 6.09. The topological polar surface area (TPSA) is 86.2 Å². The van der Waals surface area contributed by atoms with Crippen molar-refractivity contribution in [2.75, 3.05) is 18.0 Å². The normalized spacial score (nSPS) is 11.5. The molecule has 0 aromatic heterocycles. The van der Waals surface area contributed by atoms with Crippen LogP contribution >= 0.6 is 0 Å². The zero-order chi connectivity index (χ0) is 9.90. The lowest BCUT2D eigenvalue weighted by Crippen LogP contribution is -2.15. The molecule has 0 fully saturated rings. The van der Waals surface area contributed by atoms with Gasteiger partial charge in [0.1, 0.15) is 0 Å². The monoisotopic (exact) mass is 200 g/mol. The Kier molecular flexibility index (Phi) is 2.90. The molecule has 0 radical (unpaired) electrons. The van der Waals surface area contributed by atoms with Gasteiger partial charge in [-0.05, 0) is 24.3 Å². The lowest BCUT2D eigenvalue weighted by molar-refractivity contribution is 0.596. The first-order chi connectivity index (χ1) is 6.06. The first-order valence-corrected chi connectivity index (χ1v) is 5.50. The molecule has 0 heterocycles. The molecule has 0 aliphatic rings. The minimum atomic E-state index is -3.21. The summed E-state index contributed by atoms with van der Waals surface area (Å²) in [6.45, 7) is 0.132. The number of hydrogen-bond donors (Lipinski definition) is 2. The quantitative estimate of drug-likeness (QED) is 0.672. The number of anilines is 1. The number of rotatable bonds is 3. The van der Waals surface area contributed by atoms with E-state index in [0.717, 1.165) is 0 Å². The minimum absolute atomic E-state index is 0.0308. The molecule has 0 aliphatic heterocycles. The van der Waals surface area contributed by atoms with Crippen LogP contribution in [0.25, 0.3) is 0 Å². The smallest absolute Gasteiger partial charge is 0.179 e. The van der Waals surface area contributed by atoms with Crippen molar-refractivity contribution >= 4 is 15.5 Å². The highest BCUT2D eigenvalue weighted by atomic mass is 32.2. The van der Waals surface area contributed by atoms with Crippen molar-refractivity contribution in [3.8, 4) is 0 Å². The van der Waals surface area contributed by atoms with E-state index in [9.17, 15) is 8.42 Å². The van der Waals surface area contributed by atoms with Crippen molar-refractivity contribution in [1.29, 1.82) is 0 Å². The van der Waals surface area contributed by atoms with Gasteiger partial charge in [0.15, 0.2) is 9.84 Å². The largest absolute Gasteiger partial charge is 0.399 e. The van der Waals surface area contributed by atoms with Crippen LogP contribution in [0.15, 0.2) is 29.2 Å². The Hall–Kier alpha value is -1.07. The molecule has 0 aliphatic carbocycles. The van der Waals surface area contributed by atoms with Crippen molar-refractivity contribution in [2.45, 2.75) is 4.90 Å². The van der Waals surface area contributed by atoms with Crippen LogP contribution in [0.4, 0.5) is 5.69 Å². The molecule has 0 saturated heterocycles. The maximum absolute atomic E-state index is 11.4. The molecule has 0 spiro atoms. The van der Waals surface area contributed by atoms with Gasteiger partial charge in [0.25, 0.3) is 0 Å². The number of sulfone groups is 1. The average Bonchev–Trinajstić information content (AvgIpc) is 2.05. The highest BCUT2D eigenvalue weighted by molar-refractivity contribution is 7.91. The Bertz CT molecular complexity index is 370. The van der Waals surface area contributed by atoms with Gasteiger partial charge in [0, 0.05) is 12.2 Å². The van der Waals surface area contributed by atoms with Crippen LogP contribution in [0.1, 0.15) is 0 Å². The standard InChI is InChI=1S/C8H12N2O2S/c9-5-6-13(11,12)8-3-1-7(10)2-4-8/h1-4H,5-6,9-10H2. The van der Waals surface area contributed by atoms with Crippen molar-refractivity contribution in [1.82, 2.24) is 0 Å². The van der Waals surface area contributed by atoms with E-state index in [2.05, 4.69) is 0 Å². The fourth-order valence-corrected chi connectivity index (χ4v) is 2.04. The molecule has 13 heavy (non-hydrogen) atoms. The van der Waals surface area contributed by atoms with Gasteiger partial charge in [-0.3, -0.25) is 0 Å². The lowest BCUT2D eigenvalue weighted by Gasteiger charge is -2.02. The molecule has 0 amide bonds. The second-order valence-electron chi connectivity index (χ2n) is 2.68. The molecule has 4 N–H and O–H groups in total. The minimum Gasteiger partial charge on any atom is -0.399 e. The molecular weight excluding hydrogens is 188 g/mol. The fraction of sp³-hybridized carbons (Fsp3) is 0.250. The van der Waals surface area contributed by atoms with Crippen LogP contribution in [0.3, 0.4) is 0 Å². The molecule has 0 atom stereocenters. The summed E-state index contributed by atoms with van der Waals surface area (Å²) < 4.78 is 22.8. The molecule has 1 aromatic rings. The van der Waals surface area contributed by atoms with Gasteiger partial charge in [-0.25, -0.2) is 8.42 Å². The van der Waals surface area contributed by atoms with Crippen LogP contribution in [0.5, 0.6) is 0 Å². The van der Waals surface area contributed by atoms with Crippen molar-refractivity contribution < 1.29 is 8.42 Å². The van der Waals surface area contributed by atoms with Crippen molar-refractivity contribution in [3.63, 3.8) is 0 Å². The van der Waals surface area contributed by atoms with E-state index in [1.165, 1.54) is 12.1 Å². The third kappa shape index (κ3) is 2.43. The van der Waals surface area contributed by atoms with E-state index in [1.54, 1.807) is 12.1 Å². The van der Waals surface area contributed by atoms with Crippen LogP contribution in [-0.2, 0) is 9.84 Å². The zero-order valence-corrected chi connectivity index (χ0v) is 7.92. The fourth-order valence-electron chi connectivity index (χ4n) is 0.948. The van der Waals surface area contributed by atoms with Crippen LogP contribution in [0.2, 0.25) is 0 Å². The first kappa shape index (κ1) is 10.0. The Labute approximate surface area is 77.5 Å². The molecule has 4 nitrogen and oxygen atoms in total. The van der Waals surface area contributed by atoms with Gasteiger partial charge in [0.05, 0.1) is 10.6 Å². The molecule has 1 aromatic carbocycles. The molecule has 5 heteroatoms. The third-order valence-electron chi connectivity index (χ3n) is 1.63. The lowest BCUT2D eigenvalue weighted by atomic mass is 10.3. The maximum Gasteiger partial charge on any atom is 0.179 e. The number of hydrogen-bond acceptors (Lipinski definition) is 4. The van der Waals surface area contributed by atoms with Crippen molar-refractivity contribution in [3.05, 3.63) is 24.3 Å². The predicted octanol–water partition coefficient (Wildman–Crippen LogP) is 0.00120. The summed E-state index contributed by atoms with van der Waals surface area (Å²) in [5, 5.41) is 0. The summed E-state index contributed by atoms with van der Waals surface area (Å²) in [5.41, 5.74) is 11.2. The zero-order valence-electron chi connectivity index (χ0n) is 7.10. The third-order valence-corrected chi connectivity index (χ3v) is 3.39. The summed E-state index contributed by atoms with van der Waals surface area (Å²) in [5.74, 6) is -0.0308. The Balaban J connectivity index is 3.02. The molecule has 72 valence electrons. The van der Waals surface area contributed by atoms with E-state index < -0.39 is 9.84 Å². The van der Waals surface area contributed by atoms with Gasteiger partial charge in [0.2, 0.25) is 0 Å². The summed E-state index contributed by atoms with van der Waals surface area (Å²) >= 11 is 0. The number of nitrogens with two attached hydrogens (primary N) is 2. The Morgan fingerprint density at radius 3 is 2.15 bits per heavy atom. The SMILES string of the molecule is NCCS(=O)(=O)c1ccc(N)cc1. The molecule has 0 unspecified atom stereocenters. The second-order valence-corrected chi connectivity index (χ2v) is 4.79. The van der Waals surface area contributed by atoms with E-state index >= 15 is 0 Å². The van der Waals surface area contributed by atoms with E-state index in [0.29, 0.717) is 5.69 Å². The first-order valence-electron chi connectivity index (χ1n) is 3.84. The summed E-state index contributed by atoms with van der Waals surface area (Å²) in [4.78, 5) is 0.271. The summed E-state index contributed by atoms with van der Waals surface area (Å²) in [7, 11) is -3.21. The van der Waals surface area contributed by atoms with Gasteiger partial charge < -0.3 is 11.5 Å². The molecule has 1 rings (SSSR count). The second kappa shape index (κ2) is 3.76. The molecular formula is C8H12N2O2S. The van der Waals surface area contributed by atoms with Gasteiger partial charge in [-0.1, -0.05) is 0 Å². The van der Waals surface area contributed by atoms with Gasteiger partial charge in [-0.15, -0.1) is 0 Å². The molecule has 0 bridgehead atoms. The van der Waals surface area contributed by atoms with Crippen LogP contribution in [0, 0.1) is 0 Å². The predicted molar refractivity (Wildman–Crippen MR) is 52.0 cm³/mol. The Morgan fingerprint density at radius 2 is 1.69 bits per heavy atom. The van der Waals surface area contributed by atoms with Gasteiger partial charge in [-0.2, -0.15) is 0 Å². The van der Waals surface area contributed by atoms with Crippen LogP contribution in [-0.4, -0.2) is 20.7 Å². The maximum atomic E-state index is 11.4. The Morgan fingerprint density at radius 1 is 1.15 bits per heavy atom. The average molecular weight is 200 g/mol. The highest BCUT2D eigenvalue weighted by Gasteiger charge is 2.11. The molecule has 0 saturated carbocycles. The van der Waals surface area contributed by atoms with Gasteiger partial charge >= 0.3 is 0 Å². The highest BCUT2D eigenvalue weighted by Crippen LogP contribution is 2.12. The summed E-state index contributed by atoms with van der Waals surface area (Å²) in [6.07, 6.45) is 0. The van der Waals surface area contributed by atoms with E-state index in [-0.39, 0.29) is 17.2 Å². The van der Waals surface area contributed by atoms with Crippen molar-refractivity contribution in [2.24, 2.45) is 5.73 Å². The number of nitrogen functional groups attached to an aromatic ring is 1. The van der Waals surface area contributed by atoms with Crippen LogP contribution < -0.4 is 11.5 Å².